The lowest BCUT2D eigenvalue weighted by atomic mass is 9.77. The number of carbonyl (C=O) groups is 2. The predicted octanol–water partition coefficient (Wildman–Crippen LogP) is 1.29. The summed E-state index contributed by atoms with van der Waals surface area (Å²) in [6, 6.07) is 0. The van der Waals surface area contributed by atoms with Crippen LogP contribution in [0.2, 0.25) is 0 Å². The van der Waals surface area contributed by atoms with Gasteiger partial charge in [-0.3, -0.25) is 0 Å². The van der Waals surface area contributed by atoms with Gasteiger partial charge in [0.15, 0.2) is 0 Å². The number of aliphatic carboxylic acids is 2. The maximum Gasteiger partial charge on any atom is 0.332 e. The Morgan fingerprint density at radius 1 is 1.07 bits per heavy atom. The molecule has 2 unspecified atom stereocenters. The smallest absolute Gasteiger partial charge is 0.332 e. The highest BCUT2D eigenvalue weighted by molar-refractivity contribution is 6.02. The van der Waals surface area contributed by atoms with Crippen LogP contribution in [0, 0.1) is 17.3 Å². The Bertz CT molecular complexity index is 378. The number of allylic oxidation sites excluding steroid dienone is 2. The minimum absolute atomic E-state index is 0.0556. The monoisotopic (exact) mass is 208 g/mol. The Balaban J connectivity index is 2.58. The molecule has 0 aromatic rings. The highest BCUT2D eigenvalue weighted by atomic mass is 16.4. The van der Waals surface area contributed by atoms with Gasteiger partial charge in [-0.2, -0.15) is 0 Å². The Labute approximate surface area is 86.9 Å². The van der Waals surface area contributed by atoms with Crippen LogP contribution in [0.1, 0.15) is 13.8 Å². The average Bonchev–Trinajstić information content (AvgIpc) is 2.52. The lowest BCUT2D eigenvalue weighted by Gasteiger charge is -2.25. The highest BCUT2D eigenvalue weighted by Gasteiger charge is 2.54. The van der Waals surface area contributed by atoms with Crippen LogP contribution in [-0.4, -0.2) is 22.2 Å². The molecular formula is C11H12O4. The maximum atomic E-state index is 11.0. The van der Waals surface area contributed by atoms with E-state index < -0.39 is 11.9 Å². The third-order valence-electron chi connectivity index (χ3n) is 3.47. The molecule has 0 heterocycles. The Kier molecular flexibility index (Phi) is 1.80. The lowest BCUT2D eigenvalue weighted by molar-refractivity contribution is -0.136. The summed E-state index contributed by atoms with van der Waals surface area (Å²) < 4.78 is 0. The molecule has 2 atom stereocenters. The first-order valence-electron chi connectivity index (χ1n) is 4.76. The first kappa shape index (κ1) is 9.96. The first-order chi connectivity index (χ1) is 6.87. The molecule has 2 bridgehead atoms. The third kappa shape index (κ3) is 1.07. The van der Waals surface area contributed by atoms with E-state index in [9.17, 15) is 9.59 Å². The molecule has 0 aromatic heterocycles. The maximum absolute atomic E-state index is 11.0. The summed E-state index contributed by atoms with van der Waals surface area (Å²) in [6.07, 6.45) is 3.61. The van der Waals surface area contributed by atoms with Crippen LogP contribution in [-0.2, 0) is 9.59 Å². The van der Waals surface area contributed by atoms with Gasteiger partial charge in [0, 0.05) is 11.8 Å². The Morgan fingerprint density at radius 2 is 1.40 bits per heavy atom. The molecule has 2 rings (SSSR count). The van der Waals surface area contributed by atoms with Gasteiger partial charge in [-0.1, -0.05) is 26.0 Å². The summed E-state index contributed by atoms with van der Waals surface area (Å²) in [5.41, 5.74) is -0.207. The van der Waals surface area contributed by atoms with Crippen molar-refractivity contribution in [3.05, 3.63) is 23.3 Å². The van der Waals surface area contributed by atoms with E-state index in [1.165, 1.54) is 0 Å². The molecule has 80 valence electrons. The first-order valence-corrected chi connectivity index (χ1v) is 4.76. The molecule has 2 aliphatic rings. The second-order valence-electron chi connectivity index (χ2n) is 4.60. The van der Waals surface area contributed by atoms with Crippen LogP contribution in [0.15, 0.2) is 23.3 Å². The molecule has 15 heavy (non-hydrogen) atoms. The van der Waals surface area contributed by atoms with Gasteiger partial charge in [0.2, 0.25) is 0 Å². The van der Waals surface area contributed by atoms with Crippen molar-refractivity contribution in [2.24, 2.45) is 17.3 Å². The van der Waals surface area contributed by atoms with E-state index in [1.54, 1.807) is 12.2 Å². The molecule has 0 saturated heterocycles. The van der Waals surface area contributed by atoms with E-state index in [0.717, 1.165) is 0 Å². The standard InChI is InChI=1S/C11H12O4/c1-11(2)5-3-4-6(11)8(10(14)15)7(5)9(12)13/h3-6H,1-2H3,(H,12,13)(H,14,15). The van der Waals surface area contributed by atoms with Crippen molar-refractivity contribution in [3.63, 3.8) is 0 Å². The number of hydrogen-bond donors (Lipinski definition) is 2. The summed E-state index contributed by atoms with van der Waals surface area (Å²) in [4.78, 5) is 22.1. The largest absolute Gasteiger partial charge is 0.478 e. The van der Waals surface area contributed by atoms with Crippen molar-refractivity contribution in [1.82, 2.24) is 0 Å². The molecule has 0 saturated carbocycles. The number of carboxylic acid groups (broad SMARTS) is 2. The minimum Gasteiger partial charge on any atom is -0.478 e. The SMILES string of the molecule is CC1(C)C2C=CC1C(C(=O)O)=C2C(=O)O. The molecule has 0 amide bonds. The van der Waals surface area contributed by atoms with E-state index in [2.05, 4.69) is 0 Å². The van der Waals surface area contributed by atoms with Gasteiger partial charge in [-0.05, 0) is 5.41 Å². The third-order valence-corrected chi connectivity index (χ3v) is 3.47. The zero-order chi connectivity index (χ0) is 11.4. The fourth-order valence-electron chi connectivity index (χ4n) is 2.68. The topological polar surface area (TPSA) is 74.6 Å². The molecule has 0 radical (unpaired) electrons. The van der Waals surface area contributed by atoms with Crippen LogP contribution in [0.25, 0.3) is 0 Å². The number of carboxylic acids is 2. The molecule has 0 fully saturated rings. The van der Waals surface area contributed by atoms with E-state index in [1.807, 2.05) is 13.8 Å². The van der Waals surface area contributed by atoms with Crippen molar-refractivity contribution in [2.75, 3.05) is 0 Å². The van der Waals surface area contributed by atoms with Gasteiger partial charge >= 0.3 is 11.9 Å². The van der Waals surface area contributed by atoms with Gasteiger partial charge in [-0.15, -0.1) is 0 Å². The van der Waals surface area contributed by atoms with Gasteiger partial charge in [0.05, 0.1) is 11.1 Å². The van der Waals surface area contributed by atoms with Gasteiger partial charge < -0.3 is 10.2 Å². The fourth-order valence-corrected chi connectivity index (χ4v) is 2.68. The summed E-state index contributed by atoms with van der Waals surface area (Å²) in [6.45, 7) is 3.81. The number of fused-ring (bicyclic) bond motifs is 2. The fraction of sp³-hybridized carbons (Fsp3) is 0.455. The van der Waals surface area contributed by atoms with Crippen molar-refractivity contribution < 1.29 is 19.8 Å². The summed E-state index contributed by atoms with van der Waals surface area (Å²) in [7, 11) is 0. The zero-order valence-corrected chi connectivity index (χ0v) is 8.52. The second kappa shape index (κ2) is 2.72. The van der Waals surface area contributed by atoms with Crippen molar-refractivity contribution in [2.45, 2.75) is 13.8 Å². The van der Waals surface area contributed by atoms with Crippen molar-refractivity contribution in [3.8, 4) is 0 Å². The summed E-state index contributed by atoms with van der Waals surface area (Å²) in [5.74, 6) is -2.77. The molecule has 0 spiro atoms. The van der Waals surface area contributed by atoms with Crippen molar-refractivity contribution >= 4 is 11.9 Å². The quantitative estimate of drug-likeness (QED) is 0.670. The number of hydrogen-bond acceptors (Lipinski definition) is 2. The summed E-state index contributed by atoms with van der Waals surface area (Å²) in [5, 5.41) is 18.1. The molecule has 4 nitrogen and oxygen atoms in total. The highest BCUT2D eigenvalue weighted by Crippen LogP contribution is 2.56. The van der Waals surface area contributed by atoms with Crippen LogP contribution >= 0.6 is 0 Å². The average molecular weight is 208 g/mol. The van der Waals surface area contributed by atoms with E-state index in [-0.39, 0.29) is 28.4 Å². The minimum atomic E-state index is -1.11. The van der Waals surface area contributed by atoms with Crippen LogP contribution in [0.4, 0.5) is 0 Å². The molecule has 0 aliphatic heterocycles. The molecular weight excluding hydrogens is 196 g/mol. The second-order valence-corrected chi connectivity index (χ2v) is 4.60. The normalized spacial score (nSPS) is 31.1. The van der Waals surface area contributed by atoms with Crippen LogP contribution in [0.5, 0.6) is 0 Å². The van der Waals surface area contributed by atoms with Crippen molar-refractivity contribution in [1.29, 1.82) is 0 Å². The zero-order valence-electron chi connectivity index (χ0n) is 8.52. The van der Waals surface area contributed by atoms with Gasteiger partial charge in [-0.25, -0.2) is 9.59 Å². The number of rotatable bonds is 2. The van der Waals surface area contributed by atoms with Gasteiger partial charge in [0.25, 0.3) is 0 Å². The van der Waals surface area contributed by atoms with E-state index >= 15 is 0 Å². The van der Waals surface area contributed by atoms with E-state index in [4.69, 9.17) is 10.2 Å². The van der Waals surface area contributed by atoms with Gasteiger partial charge in [0.1, 0.15) is 0 Å². The molecule has 2 aliphatic carbocycles. The van der Waals surface area contributed by atoms with E-state index in [0.29, 0.717) is 0 Å². The lowest BCUT2D eigenvalue weighted by Crippen LogP contribution is -2.22. The predicted molar refractivity (Wildman–Crippen MR) is 52.2 cm³/mol. The Morgan fingerprint density at radius 3 is 1.67 bits per heavy atom. The van der Waals surface area contributed by atoms with Crippen LogP contribution < -0.4 is 0 Å². The van der Waals surface area contributed by atoms with Crippen LogP contribution in [0.3, 0.4) is 0 Å². The molecule has 0 aromatic carbocycles. The molecule has 2 N–H and O–H groups in total. The summed E-state index contributed by atoms with van der Waals surface area (Å²) >= 11 is 0. The molecule has 4 heteroatoms. The Hall–Kier alpha value is -1.58.